The van der Waals surface area contributed by atoms with Gasteiger partial charge in [-0.3, -0.25) is 0 Å². The molecule has 1 aromatic carbocycles. The van der Waals surface area contributed by atoms with Crippen molar-refractivity contribution in [2.75, 3.05) is 12.8 Å². The maximum atomic E-state index is 9.52. The molecule has 15 heavy (non-hydrogen) atoms. The summed E-state index contributed by atoms with van der Waals surface area (Å²) in [6, 6.07) is 5.00. The van der Waals surface area contributed by atoms with E-state index >= 15 is 0 Å². The third-order valence-corrected chi connectivity index (χ3v) is 3.22. The minimum Gasteiger partial charge on any atom is -0.504 e. The zero-order valence-electron chi connectivity index (χ0n) is 9.03. The van der Waals surface area contributed by atoms with Gasteiger partial charge in [-0.15, -0.1) is 0 Å². The number of nitrogens with one attached hydrogen (secondary N) is 1. The lowest BCUT2D eigenvalue weighted by Crippen LogP contribution is -2.22. The Balaban J connectivity index is 2.47. The smallest absolute Gasteiger partial charge is 0.161 e. The summed E-state index contributed by atoms with van der Waals surface area (Å²) < 4.78 is 0. The maximum Gasteiger partial charge on any atom is 0.161 e. The number of phenolic OH excluding ortho intramolecular Hbond substituents is 2. The molecular weight excluding hydrogens is 210 g/mol. The van der Waals surface area contributed by atoms with Gasteiger partial charge in [0.1, 0.15) is 0 Å². The zero-order valence-corrected chi connectivity index (χ0v) is 9.84. The molecule has 0 saturated carbocycles. The SMILES string of the molecule is CSC(C)CNCc1cccc(O)c1O. The Morgan fingerprint density at radius 2 is 2.13 bits per heavy atom. The first kappa shape index (κ1) is 12.2. The van der Waals surface area contributed by atoms with Crippen LogP contribution in [-0.4, -0.2) is 28.3 Å². The lowest BCUT2D eigenvalue weighted by molar-refractivity contribution is 0.398. The fraction of sp³-hybridized carbons (Fsp3) is 0.455. The number of hydrogen-bond donors (Lipinski definition) is 3. The number of hydrogen-bond acceptors (Lipinski definition) is 4. The number of thioether (sulfide) groups is 1. The van der Waals surface area contributed by atoms with Gasteiger partial charge in [0.25, 0.3) is 0 Å². The van der Waals surface area contributed by atoms with E-state index in [9.17, 15) is 10.2 Å². The monoisotopic (exact) mass is 227 g/mol. The molecule has 0 amide bonds. The Bertz CT molecular complexity index is 317. The number of benzene rings is 1. The third kappa shape index (κ3) is 3.64. The van der Waals surface area contributed by atoms with Gasteiger partial charge in [0.2, 0.25) is 0 Å². The summed E-state index contributed by atoms with van der Waals surface area (Å²) in [5.74, 6) is -0.0889. The van der Waals surface area contributed by atoms with E-state index in [2.05, 4.69) is 18.5 Å². The van der Waals surface area contributed by atoms with E-state index in [-0.39, 0.29) is 11.5 Å². The molecule has 0 radical (unpaired) electrons. The largest absolute Gasteiger partial charge is 0.504 e. The molecule has 1 rings (SSSR count). The first-order chi connectivity index (χ1) is 7.15. The van der Waals surface area contributed by atoms with Crippen molar-refractivity contribution in [2.24, 2.45) is 0 Å². The minimum absolute atomic E-state index is 0.0261. The summed E-state index contributed by atoms with van der Waals surface area (Å²) in [4.78, 5) is 0. The second-order valence-corrected chi connectivity index (χ2v) is 4.74. The molecule has 1 aromatic rings. The molecular formula is C11H17NO2S. The number of rotatable bonds is 5. The van der Waals surface area contributed by atoms with Gasteiger partial charge in [0, 0.05) is 23.9 Å². The van der Waals surface area contributed by atoms with E-state index in [4.69, 9.17) is 0 Å². The molecule has 4 heteroatoms. The van der Waals surface area contributed by atoms with Crippen LogP contribution in [0.3, 0.4) is 0 Å². The van der Waals surface area contributed by atoms with Crippen molar-refractivity contribution in [3.63, 3.8) is 0 Å². The van der Waals surface area contributed by atoms with Crippen LogP contribution >= 0.6 is 11.8 Å². The highest BCUT2D eigenvalue weighted by atomic mass is 32.2. The maximum absolute atomic E-state index is 9.52. The van der Waals surface area contributed by atoms with Crippen LogP contribution in [0, 0.1) is 0 Å². The Labute approximate surface area is 94.5 Å². The van der Waals surface area contributed by atoms with Gasteiger partial charge in [0.15, 0.2) is 11.5 Å². The van der Waals surface area contributed by atoms with Crippen molar-refractivity contribution in [1.29, 1.82) is 0 Å². The Kier molecular flexibility index (Phi) is 4.78. The van der Waals surface area contributed by atoms with Crippen LogP contribution in [0.25, 0.3) is 0 Å². The quantitative estimate of drug-likeness (QED) is 0.673. The van der Waals surface area contributed by atoms with E-state index in [1.165, 1.54) is 6.07 Å². The van der Waals surface area contributed by atoms with Gasteiger partial charge in [0.05, 0.1) is 0 Å². The van der Waals surface area contributed by atoms with E-state index < -0.39 is 0 Å². The lowest BCUT2D eigenvalue weighted by atomic mass is 10.2. The first-order valence-electron chi connectivity index (χ1n) is 4.88. The average Bonchev–Trinajstić information content (AvgIpc) is 2.24. The van der Waals surface area contributed by atoms with Gasteiger partial charge < -0.3 is 15.5 Å². The molecule has 0 fully saturated rings. The number of para-hydroxylation sites is 1. The fourth-order valence-electron chi connectivity index (χ4n) is 1.21. The Morgan fingerprint density at radius 1 is 1.40 bits per heavy atom. The molecule has 1 unspecified atom stereocenters. The van der Waals surface area contributed by atoms with Crippen LogP contribution in [0.4, 0.5) is 0 Å². The molecule has 1 atom stereocenters. The lowest BCUT2D eigenvalue weighted by Gasteiger charge is -2.11. The molecule has 0 heterocycles. The fourth-order valence-corrected chi connectivity index (χ4v) is 1.50. The Hall–Kier alpha value is -0.870. The predicted octanol–water partition coefficient (Wildman–Crippen LogP) is 1.94. The number of phenols is 2. The van der Waals surface area contributed by atoms with Crippen LogP contribution in [0.5, 0.6) is 11.5 Å². The number of aromatic hydroxyl groups is 2. The van der Waals surface area contributed by atoms with Crippen molar-refractivity contribution >= 4 is 11.8 Å². The van der Waals surface area contributed by atoms with Crippen molar-refractivity contribution < 1.29 is 10.2 Å². The van der Waals surface area contributed by atoms with Gasteiger partial charge in [-0.1, -0.05) is 19.1 Å². The standard InChI is InChI=1S/C11H17NO2S/c1-8(15-2)6-12-7-9-4-3-5-10(13)11(9)14/h3-5,8,12-14H,6-7H2,1-2H3. The van der Waals surface area contributed by atoms with Crippen LogP contribution in [0.2, 0.25) is 0 Å². The topological polar surface area (TPSA) is 52.5 Å². The van der Waals surface area contributed by atoms with E-state index in [0.717, 1.165) is 12.1 Å². The van der Waals surface area contributed by atoms with Crippen LogP contribution in [-0.2, 0) is 6.54 Å². The second kappa shape index (κ2) is 5.88. The zero-order chi connectivity index (χ0) is 11.3. The van der Waals surface area contributed by atoms with Crippen molar-refractivity contribution in [3.05, 3.63) is 23.8 Å². The molecule has 0 aromatic heterocycles. The average molecular weight is 227 g/mol. The van der Waals surface area contributed by atoms with Gasteiger partial charge in [-0.05, 0) is 12.3 Å². The van der Waals surface area contributed by atoms with E-state index in [0.29, 0.717) is 11.8 Å². The second-order valence-electron chi connectivity index (χ2n) is 3.46. The van der Waals surface area contributed by atoms with Crippen LogP contribution in [0.1, 0.15) is 12.5 Å². The third-order valence-electron chi connectivity index (χ3n) is 2.25. The summed E-state index contributed by atoms with van der Waals surface area (Å²) in [5, 5.41) is 22.6. The van der Waals surface area contributed by atoms with Crippen LogP contribution < -0.4 is 5.32 Å². The van der Waals surface area contributed by atoms with Gasteiger partial charge in [-0.25, -0.2) is 0 Å². The molecule has 0 aliphatic heterocycles. The predicted molar refractivity (Wildman–Crippen MR) is 64.5 cm³/mol. The summed E-state index contributed by atoms with van der Waals surface area (Å²) >= 11 is 1.79. The molecule has 84 valence electrons. The van der Waals surface area contributed by atoms with E-state index in [1.807, 2.05) is 0 Å². The first-order valence-corrected chi connectivity index (χ1v) is 6.17. The summed E-state index contributed by atoms with van der Waals surface area (Å²) in [6.45, 7) is 3.60. The van der Waals surface area contributed by atoms with Crippen molar-refractivity contribution in [3.8, 4) is 11.5 Å². The normalized spacial score (nSPS) is 12.7. The molecule has 0 saturated heterocycles. The van der Waals surface area contributed by atoms with Gasteiger partial charge >= 0.3 is 0 Å². The summed E-state index contributed by atoms with van der Waals surface area (Å²) in [6.07, 6.45) is 2.07. The highest BCUT2D eigenvalue weighted by molar-refractivity contribution is 7.99. The summed E-state index contributed by atoms with van der Waals surface area (Å²) in [5.41, 5.74) is 0.725. The summed E-state index contributed by atoms with van der Waals surface area (Å²) in [7, 11) is 0. The van der Waals surface area contributed by atoms with E-state index in [1.54, 1.807) is 23.9 Å². The molecule has 0 aliphatic rings. The van der Waals surface area contributed by atoms with Gasteiger partial charge in [-0.2, -0.15) is 11.8 Å². The molecule has 3 nitrogen and oxygen atoms in total. The van der Waals surface area contributed by atoms with Crippen molar-refractivity contribution in [2.45, 2.75) is 18.7 Å². The molecule has 0 aliphatic carbocycles. The Morgan fingerprint density at radius 3 is 2.80 bits per heavy atom. The molecule has 3 N–H and O–H groups in total. The highest BCUT2D eigenvalue weighted by Crippen LogP contribution is 2.27. The van der Waals surface area contributed by atoms with Crippen LogP contribution in [0.15, 0.2) is 18.2 Å². The molecule has 0 bridgehead atoms. The van der Waals surface area contributed by atoms with Crippen molar-refractivity contribution in [1.82, 2.24) is 5.32 Å². The molecule has 0 spiro atoms. The minimum atomic E-state index is -0.0628. The highest BCUT2D eigenvalue weighted by Gasteiger charge is 2.05.